The average Bonchev–Trinajstić information content (AvgIpc) is 2.36. The van der Waals surface area contributed by atoms with Gasteiger partial charge in [0.2, 0.25) is 0 Å². The van der Waals surface area contributed by atoms with Gasteiger partial charge < -0.3 is 5.73 Å². The molecule has 0 atom stereocenters. The van der Waals surface area contributed by atoms with Crippen LogP contribution in [0.4, 0.5) is 5.69 Å². The van der Waals surface area contributed by atoms with Gasteiger partial charge in [-0.05, 0) is 18.6 Å². The molecule has 17 heavy (non-hydrogen) atoms. The molecule has 0 unspecified atom stereocenters. The van der Waals surface area contributed by atoms with Crippen LogP contribution in [0, 0.1) is 0 Å². The fraction of sp³-hybridized carbons (Fsp3) is 0.133. The van der Waals surface area contributed by atoms with Crippen LogP contribution in [-0.2, 0) is 0 Å². The van der Waals surface area contributed by atoms with E-state index < -0.39 is 0 Å². The maximum absolute atomic E-state index is 6.16. The Labute approximate surface area is 101 Å². The van der Waals surface area contributed by atoms with Gasteiger partial charge in [-0.2, -0.15) is 0 Å². The smallest absolute Gasteiger partial charge is 0.0730 e. The van der Waals surface area contributed by atoms with Gasteiger partial charge in [-0.15, -0.1) is 0 Å². The van der Waals surface area contributed by atoms with E-state index in [1.165, 1.54) is 0 Å². The molecule has 0 spiro atoms. The predicted octanol–water partition coefficient (Wildman–Crippen LogP) is 3.88. The predicted molar refractivity (Wildman–Crippen MR) is 75.6 cm³/mol. The van der Waals surface area contributed by atoms with Crippen molar-refractivity contribution in [2.45, 2.75) is 13.3 Å². The standard InChI is InChI=1S/C15H16N2/c1-3-5-9-13-11(4-2)15(16)12-8-6-7-10-14(12)17-13/h4-10H,2-3H2,1H3,(H2,16,17)/b9-5-. The van der Waals surface area contributed by atoms with Gasteiger partial charge in [-0.25, -0.2) is 4.98 Å². The zero-order valence-electron chi connectivity index (χ0n) is 9.98. The van der Waals surface area contributed by atoms with Crippen molar-refractivity contribution in [2.75, 3.05) is 5.73 Å². The monoisotopic (exact) mass is 224 g/mol. The molecule has 0 saturated carbocycles. The molecule has 0 bridgehead atoms. The molecule has 0 aliphatic carbocycles. The van der Waals surface area contributed by atoms with Crippen LogP contribution in [0.15, 0.2) is 36.9 Å². The van der Waals surface area contributed by atoms with Crippen LogP contribution in [-0.4, -0.2) is 4.98 Å². The van der Waals surface area contributed by atoms with Crippen LogP contribution >= 0.6 is 0 Å². The minimum absolute atomic E-state index is 0.751. The summed E-state index contributed by atoms with van der Waals surface area (Å²) < 4.78 is 0. The summed E-state index contributed by atoms with van der Waals surface area (Å²) in [6.07, 6.45) is 6.82. The minimum atomic E-state index is 0.751. The van der Waals surface area contributed by atoms with Gasteiger partial charge in [0.1, 0.15) is 0 Å². The average molecular weight is 224 g/mol. The molecule has 0 saturated heterocycles. The van der Waals surface area contributed by atoms with E-state index >= 15 is 0 Å². The van der Waals surface area contributed by atoms with E-state index in [9.17, 15) is 0 Å². The minimum Gasteiger partial charge on any atom is -0.398 e. The van der Waals surface area contributed by atoms with Crippen molar-refractivity contribution < 1.29 is 0 Å². The first-order valence-corrected chi connectivity index (χ1v) is 5.75. The van der Waals surface area contributed by atoms with Crippen molar-refractivity contribution in [2.24, 2.45) is 0 Å². The Morgan fingerprint density at radius 2 is 2.12 bits per heavy atom. The van der Waals surface area contributed by atoms with Crippen molar-refractivity contribution >= 4 is 28.7 Å². The van der Waals surface area contributed by atoms with Crippen molar-refractivity contribution in [3.8, 4) is 0 Å². The maximum atomic E-state index is 6.16. The van der Waals surface area contributed by atoms with Gasteiger partial charge in [0.15, 0.2) is 0 Å². The van der Waals surface area contributed by atoms with Crippen molar-refractivity contribution in [1.82, 2.24) is 4.98 Å². The number of nitrogens with zero attached hydrogens (tertiary/aromatic N) is 1. The quantitative estimate of drug-likeness (QED) is 0.859. The zero-order valence-corrected chi connectivity index (χ0v) is 9.98. The molecule has 0 radical (unpaired) electrons. The highest BCUT2D eigenvalue weighted by atomic mass is 14.7. The summed E-state index contributed by atoms with van der Waals surface area (Å²) >= 11 is 0. The lowest BCUT2D eigenvalue weighted by atomic mass is 10.1. The molecular formula is C15H16N2. The van der Waals surface area contributed by atoms with Crippen LogP contribution in [0.3, 0.4) is 0 Å². The largest absolute Gasteiger partial charge is 0.398 e. The topological polar surface area (TPSA) is 38.9 Å². The highest BCUT2D eigenvalue weighted by Gasteiger charge is 2.07. The summed E-state index contributed by atoms with van der Waals surface area (Å²) in [7, 11) is 0. The van der Waals surface area contributed by atoms with Crippen LogP contribution in [0.25, 0.3) is 23.1 Å². The fourth-order valence-corrected chi connectivity index (χ4v) is 1.84. The Hall–Kier alpha value is -2.09. The van der Waals surface area contributed by atoms with Crippen LogP contribution in [0.5, 0.6) is 0 Å². The summed E-state index contributed by atoms with van der Waals surface area (Å²) in [5.74, 6) is 0. The second-order valence-electron chi connectivity index (χ2n) is 3.86. The van der Waals surface area contributed by atoms with E-state index in [0.717, 1.165) is 34.3 Å². The summed E-state index contributed by atoms with van der Waals surface area (Å²) in [4.78, 5) is 4.61. The number of rotatable bonds is 3. The molecule has 2 heteroatoms. The van der Waals surface area contributed by atoms with E-state index in [2.05, 4.69) is 24.6 Å². The van der Waals surface area contributed by atoms with Gasteiger partial charge in [0.25, 0.3) is 0 Å². The van der Waals surface area contributed by atoms with Gasteiger partial charge >= 0.3 is 0 Å². The maximum Gasteiger partial charge on any atom is 0.0730 e. The van der Waals surface area contributed by atoms with Crippen molar-refractivity contribution in [3.05, 3.63) is 48.2 Å². The third-order valence-corrected chi connectivity index (χ3v) is 2.72. The number of para-hydroxylation sites is 1. The molecule has 2 nitrogen and oxygen atoms in total. The second-order valence-corrected chi connectivity index (χ2v) is 3.86. The molecule has 0 amide bonds. The van der Waals surface area contributed by atoms with Gasteiger partial charge in [-0.3, -0.25) is 0 Å². The molecular weight excluding hydrogens is 208 g/mol. The summed E-state index contributed by atoms with van der Waals surface area (Å²) in [5.41, 5.74) is 9.63. The number of allylic oxidation sites excluding steroid dienone is 1. The van der Waals surface area contributed by atoms with Gasteiger partial charge in [0.05, 0.1) is 16.9 Å². The van der Waals surface area contributed by atoms with E-state index in [-0.39, 0.29) is 0 Å². The SMILES string of the molecule is C=Cc1c(/C=C\CC)nc2ccccc2c1N. The number of nitrogen functional groups attached to an aromatic ring is 1. The van der Waals surface area contributed by atoms with Gasteiger partial charge in [-0.1, -0.05) is 43.9 Å². The zero-order chi connectivity index (χ0) is 12.3. The first-order valence-electron chi connectivity index (χ1n) is 5.75. The van der Waals surface area contributed by atoms with Crippen LogP contribution < -0.4 is 5.73 Å². The number of benzene rings is 1. The van der Waals surface area contributed by atoms with Crippen molar-refractivity contribution in [1.29, 1.82) is 0 Å². The summed E-state index contributed by atoms with van der Waals surface area (Å²) in [6.45, 7) is 5.91. The van der Waals surface area contributed by atoms with Crippen molar-refractivity contribution in [3.63, 3.8) is 0 Å². The van der Waals surface area contributed by atoms with E-state index in [1.807, 2.05) is 30.3 Å². The molecule has 86 valence electrons. The molecule has 2 aromatic rings. The van der Waals surface area contributed by atoms with Gasteiger partial charge in [0, 0.05) is 10.9 Å². The van der Waals surface area contributed by atoms with Crippen LogP contribution in [0.1, 0.15) is 24.6 Å². The fourth-order valence-electron chi connectivity index (χ4n) is 1.84. The number of fused-ring (bicyclic) bond motifs is 1. The molecule has 2 rings (SSSR count). The molecule has 0 aliphatic rings. The Morgan fingerprint density at radius 1 is 1.35 bits per heavy atom. The highest BCUT2D eigenvalue weighted by molar-refractivity contribution is 5.96. The summed E-state index contributed by atoms with van der Waals surface area (Å²) in [6, 6.07) is 7.89. The van der Waals surface area contributed by atoms with E-state index in [0.29, 0.717) is 0 Å². The first kappa shape index (κ1) is 11.4. The second kappa shape index (κ2) is 4.83. The Balaban J connectivity index is 2.75. The molecule has 1 aromatic heterocycles. The third kappa shape index (κ3) is 2.07. The lowest BCUT2D eigenvalue weighted by Gasteiger charge is -2.08. The molecule has 0 aliphatic heterocycles. The number of aromatic nitrogens is 1. The molecule has 1 heterocycles. The van der Waals surface area contributed by atoms with E-state index in [1.54, 1.807) is 6.08 Å². The lowest BCUT2D eigenvalue weighted by molar-refractivity contribution is 1.23. The lowest BCUT2D eigenvalue weighted by Crippen LogP contribution is -1.97. The van der Waals surface area contributed by atoms with Crippen LogP contribution in [0.2, 0.25) is 0 Å². The molecule has 0 fully saturated rings. The molecule has 1 aromatic carbocycles. The number of pyridine rings is 1. The normalized spacial score (nSPS) is 11.1. The Bertz CT molecular complexity index is 583. The molecule has 2 N–H and O–H groups in total. The van der Waals surface area contributed by atoms with E-state index in [4.69, 9.17) is 5.73 Å². The summed E-state index contributed by atoms with van der Waals surface area (Å²) in [5, 5.41) is 0.982. The third-order valence-electron chi connectivity index (χ3n) is 2.72. The number of anilines is 1. The number of hydrogen-bond acceptors (Lipinski definition) is 2. The number of hydrogen-bond donors (Lipinski definition) is 1. The highest BCUT2D eigenvalue weighted by Crippen LogP contribution is 2.27. The Morgan fingerprint density at radius 3 is 2.82 bits per heavy atom. The Kier molecular flexibility index (Phi) is 3.24. The number of nitrogens with two attached hydrogens (primary N) is 1. The first-order chi connectivity index (χ1) is 8.27.